The van der Waals surface area contributed by atoms with Gasteiger partial charge in [-0.25, -0.2) is 4.99 Å². The lowest BCUT2D eigenvalue weighted by atomic mass is 10.1. The number of aryl methyl sites for hydroxylation is 2. The van der Waals surface area contributed by atoms with Gasteiger partial charge in [-0.05, 0) is 30.2 Å². The maximum absolute atomic E-state index is 5.81. The van der Waals surface area contributed by atoms with E-state index in [1.54, 1.807) is 4.68 Å². The summed E-state index contributed by atoms with van der Waals surface area (Å²) >= 11 is 0. The standard InChI is InChI=1S/C23H27N5O2/c1-17-6-3-4-7-19(17)15-25-23(24-13-18-14-26-28(2)16-18)27-20-8-9-21-22(12-20)30-11-5-10-29-21/h3-4,6-9,12,14,16H,5,10-11,13,15H2,1-2H3,(H2,24,25,27). The number of fused-ring (bicyclic) bond motifs is 1. The van der Waals surface area contributed by atoms with E-state index in [0.29, 0.717) is 32.3 Å². The molecular weight excluding hydrogens is 378 g/mol. The number of hydrogen-bond donors (Lipinski definition) is 2. The van der Waals surface area contributed by atoms with Crippen molar-refractivity contribution in [3.05, 3.63) is 71.5 Å². The summed E-state index contributed by atoms with van der Waals surface area (Å²) in [6, 6.07) is 14.2. The van der Waals surface area contributed by atoms with Crippen LogP contribution in [0, 0.1) is 6.92 Å². The van der Waals surface area contributed by atoms with Crippen molar-refractivity contribution in [2.45, 2.75) is 26.4 Å². The number of rotatable bonds is 5. The fraction of sp³-hybridized carbons (Fsp3) is 0.304. The van der Waals surface area contributed by atoms with Crippen molar-refractivity contribution in [2.24, 2.45) is 12.0 Å². The largest absolute Gasteiger partial charge is 0.490 e. The van der Waals surface area contributed by atoms with E-state index in [-0.39, 0.29) is 0 Å². The molecule has 2 heterocycles. The van der Waals surface area contributed by atoms with Crippen LogP contribution < -0.4 is 20.1 Å². The molecule has 2 aromatic carbocycles. The molecule has 0 spiro atoms. The average molecular weight is 406 g/mol. The quantitative estimate of drug-likeness (QED) is 0.501. The number of anilines is 1. The summed E-state index contributed by atoms with van der Waals surface area (Å²) in [6.07, 6.45) is 4.68. The molecule has 1 aromatic heterocycles. The predicted octanol–water partition coefficient (Wildman–Crippen LogP) is 3.65. The lowest BCUT2D eigenvalue weighted by molar-refractivity contribution is 0.297. The van der Waals surface area contributed by atoms with Crippen molar-refractivity contribution in [1.82, 2.24) is 15.1 Å². The maximum atomic E-state index is 5.81. The second-order valence-corrected chi connectivity index (χ2v) is 7.30. The first-order chi connectivity index (χ1) is 14.7. The summed E-state index contributed by atoms with van der Waals surface area (Å²) in [6.45, 7) is 4.65. The fourth-order valence-electron chi connectivity index (χ4n) is 3.23. The Bertz CT molecular complexity index is 1030. The second kappa shape index (κ2) is 9.35. The Morgan fingerprint density at radius 2 is 1.97 bits per heavy atom. The van der Waals surface area contributed by atoms with E-state index < -0.39 is 0 Å². The van der Waals surface area contributed by atoms with Crippen LogP contribution in [0.3, 0.4) is 0 Å². The van der Waals surface area contributed by atoms with E-state index in [4.69, 9.17) is 14.5 Å². The van der Waals surface area contributed by atoms with Crippen LogP contribution in [-0.2, 0) is 20.1 Å². The number of hydrogen-bond acceptors (Lipinski definition) is 4. The van der Waals surface area contributed by atoms with Crippen molar-refractivity contribution in [1.29, 1.82) is 0 Å². The minimum absolute atomic E-state index is 0.529. The predicted molar refractivity (Wildman–Crippen MR) is 118 cm³/mol. The summed E-state index contributed by atoms with van der Waals surface area (Å²) in [4.78, 5) is 4.75. The fourth-order valence-corrected chi connectivity index (χ4v) is 3.23. The van der Waals surface area contributed by atoms with Gasteiger partial charge >= 0.3 is 0 Å². The van der Waals surface area contributed by atoms with E-state index in [2.05, 4.69) is 34.8 Å². The minimum atomic E-state index is 0.529. The van der Waals surface area contributed by atoms with Crippen LogP contribution in [0.5, 0.6) is 11.5 Å². The molecule has 30 heavy (non-hydrogen) atoms. The SMILES string of the molecule is Cc1ccccc1CNC(=NCc1cnn(C)c1)Nc1ccc2c(c1)OCCCO2. The Hall–Kier alpha value is -3.48. The molecule has 7 nitrogen and oxygen atoms in total. The van der Waals surface area contributed by atoms with Gasteiger partial charge in [-0.15, -0.1) is 0 Å². The molecule has 0 saturated heterocycles. The molecule has 0 bridgehead atoms. The molecule has 3 aromatic rings. The molecule has 1 aliphatic rings. The van der Waals surface area contributed by atoms with Gasteiger partial charge in [0.15, 0.2) is 17.5 Å². The zero-order valence-electron chi connectivity index (χ0n) is 17.4. The molecule has 0 fully saturated rings. The molecule has 4 rings (SSSR count). The zero-order valence-corrected chi connectivity index (χ0v) is 17.4. The topological polar surface area (TPSA) is 72.7 Å². The number of benzene rings is 2. The second-order valence-electron chi connectivity index (χ2n) is 7.30. The van der Waals surface area contributed by atoms with Crippen molar-refractivity contribution in [3.8, 4) is 11.5 Å². The Kier molecular flexibility index (Phi) is 6.17. The Morgan fingerprint density at radius 1 is 1.13 bits per heavy atom. The first-order valence-electron chi connectivity index (χ1n) is 10.1. The smallest absolute Gasteiger partial charge is 0.196 e. The molecule has 0 radical (unpaired) electrons. The van der Waals surface area contributed by atoms with E-state index in [0.717, 1.165) is 29.2 Å². The summed E-state index contributed by atoms with van der Waals surface area (Å²) in [5.41, 5.74) is 4.41. The molecular formula is C23H27N5O2. The van der Waals surface area contributed by atoms with Crippen LogP contribution in [0.25, 0.3) is 0 Å². The van der Waals surface area contributed by atoms with Gasteiger partial charge in [-0.3, -0.25) is 4.68 Å². The molecule has 0 saturated carbocycles. The third kappa shape index (κ3) is 5.11. The van der Waals surface area contributed by atoms with E-state index >= 15 is 0 Å². The Morgan fingerprint density at radius 3 is 2.77 bits per heavy atom. The number of ether oxygens (including phenoxy) is 2. The van der Waals surface area contributed by atoms with Crippen LogP contribution >= 0.6 is 0 Å². The normalized spacial score (nSPS) is 13.6. The van der Waals surface area contributed by atoms with Crippen LogP contribution in [-0.4, -0.2) is 29.0 Å². The van der Waals surface area contributed by atoms with Gasteiger partial charge < -0.3 is 20.1 Å². The lowest BCUT2D eigenvalue weighted by Crippen LogP contribution is -2.30. The van der Waals surface area contributed by atoms with Crippen molar-refractivity contribution < 1.29 is 9.47 Å². The molecule has 0 aliphatic carbocycles. The minimum Gasteiger partial charge on any atom is -0.490 e. The summed E-state index contributed by atoms with van der Waals surface area (Å²) in [5.74, 6) is 2.22. The van der Waals surface area contributed by atoms with Gasteiger partial charge in [0, 0.05) is 43.5 Å². The first-order valence-corrected chi connectivity index (χ1v) is 10.1. The molecule has 7 heteroatoms. The lowest BCUT2D eigenvalue weighted by Gasteiger charge is -2.15. The molecule has 2 N–H and O–H groups in total. The number of aliphatic imine (C=N–C) groups is 1. The molecule has 156 valence electrons. The first kappa shape index (κ1) is 19.8. The van der Waals surface area contributed by atoms with Gasteiger partial charge in [0.1, 0.15) is 0 Å². The molecule has 0 atom stereocenters. The molecule has 0 unspecified atom stereocenters. The Labute approximate surface area is 176 Å². The van der Waals surface area contributed by atoms with E-state index in [9.17, 15) is 0 Å². The monoisotopic (exact) mass is 405 g/mol. The number of aromatic nitrogens is 2. The van der Waals surface area contributed by atoms with Gasteiger partial charge in [0.25, 0.3) is 0 Å². The zero-order chi connectivity index (χ0) is 20.8. The summed E-state index contributed by atoms with van der Waals surface area (Å²) in [7, 11) is 1.90. The highest BCUT2D eigenvalue weighted by molar-refractivity contribution is 5.94. The van der Waals surface area contributed by atoms with Crippen LogP contribution in [0.15, 0.2) is 59.9 Å². The van der Waals surface area contributed by atoms with Crippen molar-refractivity contribution in [3.63, 3.8) is 0 Å². The van der Waals surface area contributed by atoms with Gasteiger partial charge in [-0.2, -0.15) is 5.10 Å². The van der Waals surface area contributed by atoms with Crippen LogP contribution in [0.4, 0.5) is 5.69 Å². The third-order valence-electron chi connectivity index (χ3n) is 4.90. The van der Waals surface area contributed by atoms with Crippen LogP contribution in [0.2, 0.25) is 0 Å². The Balaban J connectivity index is 1.51. The molecule has 0 amide bonds. The highest BCUT2D eigenvalue weighted by Gasteiger charge is 2.12. The third-order valence-corrected chi connectivity index (χ3v) is 4.90. The number of nitrogens with zero attached hydrogens (tertiary/aromatic N) is 3. The summed E-state index contributed by atoms with van der Waals surface area (Å²) < 4.78 is 13.3. The van der Waals surface area contributed by atoms with Crippen molar-refractivity contribution >= 4 is 11.6 Å². The van der Waals surface area contributed by atoms with Gasteiger partial charge in [-0.1, -0.05) is 24.3 Å². The van der Waals surface area contributed by atoms with Crippen LogP contribution in [0.1, 0.15) is 23.1 Å². The van der Waals surface area contributed by atoms with Gasteiger partial charge in [0.2, 0.25) is 0 Å². The van der Waals surface area contributed by atoms with Gasteiger partial charge in [0.05, 0.1) is 26.0 Å². The highest BCUT2D eigenvalue weighted by atomic mass is 16.5. The molecule has 1 aliphatic heterocycles. The van der Waals surface area contributed by atoms with E-state index in [1.165, 1.54) is 11.1 Å². The average Bonchev–Trinajstić information content (AvgIpc) is 3.02. The highest BCUT2D eigenvalue weighted by Crippen LogP contribution is 2.32. The number of nitrogens with one attached hydrogen (secondary N) is 2. The number of guanidine groups is 1. The summed E-state index contributed by atoms with van der Waals surface area (Å²) in [5, 5.41) is 11.0. The maximum Gasteiger partial charge on any atom is 0.196 e. The van der Waals surface area contributed by atoms with E-state index in [1.807, 2.05) is 49.8 Å². The van der Waals surface area contributed by atoms with Crippen molar-refractivity contribution in [2.75, 3.05) is 18.5 Å².